The third-order valence-corrected chi connectivity index (χ3v) is 8.09. The lowest BCUT2D eigenvalue weighted by Gasteiger charge is -2.49. The topological polar surface area (TPSA) is 278 Å². The fourth-order valence-corrected chi connectivity index (χ4v) is 6.29. The Kier molecular flexibility index (Phi) is 8.79. The lowest BCUT2D eigenvalue weighted by molar-refractivity contribution is -0.150. The number of nitrogens with zero attached hydrogens (tertiary/aromatic N) is 8. The average molecular weight is 615 g/mol. The lowest BCUT2D eigenvalue weighted by atomic mass is 10.0. The quantitative estimate of drug-likeness (QED) is 0.0700. The number of amides is 2. The Labute approximate surface area is 235 Å². The SMILES string of the molecule is Nc1nc(C(=NOCC(=O)O)C(=O)NC2C(=O)N3C(C(=O)O)=C(CSc4nnnn4CCC(=O)O)CS[C@H]23)ns1. The summed E-state index contributed by atoms with van der Waals surface area (Å²) in [5.41, 5.74) is 5.18. The number of carboxylic acid groups (broad SMARTS) is 3. The molecular formula is C18H18N10O9S3. The van der Waals surface area contributed by atoms with Gasteiger partial charge in [-0.2, -0.15) is 9.36 Å². The molecule has 2 amide bonds. The molecule has 6 N–H and O–H groups in total. The van der Waals surface area contributed by atoms with Crippen LogP contribution < -0.4 is 11.1 Å². The number of nitrogens with one attached hydrogen (secondary N) is 1. The lowest BCUT2D eigenvalue weighted by Crippen LogP contribution is -2.71. The third-order valence-electron chi connectivity index (χ3n) is 5.16. The van der Waals surface area contributed by atoms with Crippen molar-refractivity contribution in [2.75, 3.05) is 23.8 Å². The maximum Gasteiger partial charge on any atom is 0.352 e. The van der Waals surface area contributed by atoms with Crippen LogP contribution in [-0.2, 0) is 35.4 Å². The number of aryl methyl sites for hydroxylation is 1. The number of fused-ring (bicyclic) bond motifs is 1. The van der Waals surface area contributed by atoms with Crippen LogP contribution in [0.4, 0.5) is 5.13 Å². The molecule has 0 spiro atoms. The molecule has 1 fully saturated rings. The predicted molar refractivity (Wildman–Crippen MR) is 135 cm³/mol. The van der Waals surface area contributed by atoms with Gasteiger partial charge in [0.2, 0.25) is 23.3 Å². The Balaban J connectivity index is 1.47. The van der Waals surface area contributed by atoms with Crippen LogP contribution in [0.5, 0.6) is 0 Å². The molecule has 0 aliphatic carbocycles. The number of β-lactam (4-membered cyclic amide) rings is 1. The minimum Gasteiger partial charge on any atom is -0.481 e. The number of hydrogen-bond acceptors (Lipinski definition) is 16. The van der Waals surface area contributed by atoms with E-state index in [1.165, 1.54) is 16.4 Å². The highest BCUT2D eigenvalue weighted by atomic mass is 32.2. The summed E-state index contributed by atoms with van der Waals surface area (Å²) in [4.78, 5) is 69.2. The van der Waals surface area contributed by atoms with E-state index in [-0.39, 0.29) is 46.3 Å². The number of oxime groups is 1. The summed E-state index contributed by atoms with van der Waals surface area (Å²) in [7, 11) is 0. The van der Waals surface area contributed by atoms with Crippen LogP contribution in [0.15, 0.2) is 21.6 Å². The fraction of sp³-hybridized carbons (Fsp3) is 0.389. The van der Waals surface area contributed by atoms with Crippen LogP contribution in [0, 0.1) is 0 Å². The summed E-state index contributed by atoms with van der Waals surface area (Å²) in [6, 6.07) is -1.13. The van der Waals surface area contributed by atoms with Crippen molar-refractivity contribution in [3.63, 3.8) is 0 Å². The van der Waals surface area contributed by atoms with Crippen LogP contribution in [0.1, 0.15) is 12.2 Å². The second-order valence-electron chi connectivity index (χ2n) is 7.80. The van der Waals surface area contributed by atoms with Crippen molar-refractivity contribution in [2.24, 2.45) is 5.16 Å². The standard InChI is InChI=1S/C18H18N10O9S3/c19-17-21-12(24-40-17)9(23-37-3-8(31)32)13(33)20-10-14(34)28-11(16(35)36)6(4-38-15(10)28)5-39-18-22-25-26-27(18)2-1-7(29)30/h10,15H,1-5H2,(H,20,33)(H,29,30)(H,31,32)(H,35,36)(H2,19,21,24)/t10?,15-/m1/s1. The van der Waals surface area contributed by atoms with Gasteiger partial charge in [-0.15, -0.1) is 16.9 Å². The van der Waals surface area contributed by atoms with E-state index in [2.05, 4.69) is 40.2 Å². The maximum absolute atomic E-state index is 13.0. The molecule has 2 aliphatic heterocycles. The zero-order valence-corrected chi connectivity index (χ0v) is 22.3. The van der Waals surface area contributed by atoms with Gasteiger partial charge in [0.1, 0.15) is 17.1 Å². The highest BCUT2D eigenvalue weighted by Crippen LogP contribution is 2.41. The molecule has 2 atom stereocenters. The van der Waals surface area contributed by atoms with E-state index in [1.807, 2.05) is 0 Å². The summed E-state index contributed by atoms with van der Waals surface area (Å²) in [5.74, 6) is -5.35. The highest BCUT2D eigenvalue weighted by molar-refractivity contribution is 8.01. The number of nitrogens with two attached hydrogens (primary N) is 1. The summed E-state index contributed by atoms with van der Waals surface area (Å²) in [6.45, 7) is -0.835. The molecule has 22 heteroatoms. The van der Waals surface area contributed by atoms with Crippen molar-refractivity contribution >= 4 is 75.6 Å². The molecule has 2 aliphatic rings. The summed E-state index contributed by atoms with van der Waals surface area (Å²) >= 11 is 3.04. The molecule has 0 bridgehead atoms. The number of anilines is 1. The van der Waals surface area contributed by atoms with Crippen LogP contribution in [0.25, 0.3) is 0 Å². The number of rotatable bonds is 13. The molecule has 2 aromatic heterocycles. The summed E-state index contributed by atoms with van der Waals surface area (Å²) in [5, 5.41) is 44.0. The Hall–Kier alpha value is -4.31. The van der Waals surface area contributed by atoms with Crippen LogP contribution >= 0.6 is 35.1 Å². The number of aromatic nitrogens is 6. The largest absolute Gasteiger partial charge is 0.481 e. The normalized spacial score (nSPS) is 18.6. The zero-order chi connectivity index (χ0) is 29.0. The molecular weight excluding hydrogens is 596 g/mol. The molecule has 1 unspecified atom stereocenters. The minimum absolute atomic E-state index is 0.0000185. The van der Waals surface area contributed by atoms with Gasteiger partial charge in [-0.25, -0.2) is 14.3 Å². The number of hydrogen-bond donors (Lipinski definition) is 5. The van der Waals surface area contributed by atoms with Gasteiger partial charge in [-0.3, -0.25) is 19.3 Å². The Morgan fingerprint density at radius 2 is 2.00 bits per heavy atom. The molecule has 0 aromatic carbocycles. The number of nitrogen functional groups attached to an aromatic ring is 1. The van der Waals surface area contributed by atoms with Crippen molar-refractivity contribution in [3.8, 4) is 0 Å². The van der Waals surface area contributed by atoms with Crippen molar-refractivity contribution in [3.05, 3.63) is 17.1 Å². The first-order valence-electron chi connectivity index (χ1n) is 10.9. The number of thioether (sulfide) groups is 2. The van der Waals surface area contributed by atoms with Gasteiger partial charge in [0.05, 0.1) is 13.0 Å². The van der Waals surface area contributed by atoms with E-state index < -0.39 is 53.5 Å². The van der Waals surface area contributed by atoms with Gasteiger partial charge < -0.3 is 31.2 Å². The molecule has 4 heterocycles. The van der Waals surface area contributed by atoms with Gasteiger partial charge in [0, 0.05) is 23.0 Å². The summed E-state index contributed by atoms with van der Waals surface area (Å²) < 4.78 is 5.13. The summed E-state index contributed by atoms with van der Waals surface area (Å²) in [6.07, 6.45) is -0.210. The predicted octanol–water partition coefficient (Wildman–Crippen LogP) is -2.08. The van der Waals surface area contributed by atoms with E-state index >= 15 is 0 Å². The second-order valence-corrected chi connectivity index (χ2v) is 10.6. The van der Waals surface area contributed by atoms with Gasteiger partial charge in [0.25, 0.3) is 11.8 Å². The van der Waals surface area contributed by atoms with Gasteiger partial charge >= 0.3 is 17.9 Å². The van der Waals surface area contributed by atoms with E-state index in [1.54, 1.807) is 0 Å². The first kappa shape index (κ1) is 28.7. The molecule has 1 saturated heterocycles. The first-order valence-corrected chi connectivity index (χ1v) is 13.7. The number of carboxylic acids is 3. The molecule has 2 aromatic rings. The van der Waals surface area contributed by atoms with Gasteiger partial charge in [0.15, 0.2) is 5.13 Å². The smallest absolute Gasteiger partial charge is 0.352 e. The van der Waals surface area contributed by atoms with Crippen LogP contribution in [-0.4, -0.2) is 115 Å². The fourth-order valence-electron chi connectivity index (χ4n) is 3.46. The monoisotopic (exact) mass is 614 g/mol. The van der Waals surface area contributed by atoms with E-state index in [0.717, 1.165) is 28.2 Å². The molecule has 212 valence electrons. The van der Waals surface area contributed by atoms with Gasteiger partial charge in [-0.05, 0) is 16.0 Å². The van der Waals surface area contributed by atoms with Crippen molar-refractivity contribution in [1.82, 2.24) is 39.8 Å². The third kappa shape index (κ3) is 6.28. The first-order chi connectivity index (χ1) is 19.1. The number of tetrazole rings is 1. The average Bonchev–Trinajstić information content (AvgIpc) is 3.54. The molecule has 19 nitrogen and oxygen atoms in total. The van der Waals surface area contributed by atoms with Crippen molar-refractivity contribution in [1.29, 1.82) is 0 Å². The molecule has 0 radical (unpaired) electrons. The van der Waals surface area contributed by atoms with Crippen molar-refractivity contribution < 1.29 is 44.1 Å². The zero-order valence-electron chi connectivity index (χ0n) is 19.9. The van der Waals surface area contributed by atoms with E-state index in [9.17, 15) is 29.1 Å². The van der Waals surface area contributed by atoms with Gasteiger partial charge in [-0.1, -0.05) is 16.9 Å². The van der Waals surface area contributed by atoms with Crippen molar-refractivity contribution in [2.45, 2.75) is 29.5 Å². The highest BCUT2D eigenvalue weighted by Gasteiger charge is 2.54. The molecule has 0 saturated carbocycles. The minimum atomic E-state index is -1.35. The second kappa shape index (κ2) is 12.3. The number of carbonyl (C=O) groups excluding carboxylic acids is 2. The molecule has 4 rings (SSSR count). The van der Waals surface area contributed by atoms with E-state index in [0.29, 0.717) is 5.57 Å². The Morgan fingerprint density at radius 3 is 2.65 bits per heavy atom. The Morgan fingerprint density at radius 1 is 1.23 bits per heavy atom. The van der Waals surface area contributed by atoms with Crippen LogP contribution in [0.3, 0.4) is 0 Å². The van der Waals surface area contributed by atoms with Crippen LogP contribution in [0.2, 0.25) is 0 Å². The Bertz CT molecular complexity index is 1420. The molecule has 40 heavy (non-hydrogen) atoms. The number of aliphatic carboxylic acids is 3. The maximum atomic E-state index is 13.0. The van der Waals surface area contributed by atoms with E-state index in [4.69, 9.17) is 15.9 Å². The number of carbonyl (C=O) groups is 5.